The molecule has 0 saturated carbocycles. The molecule has 3 aromatic rings. The molecule has 4 rings (SSSR count). The van der Waals surface area contributed by atoms with Gasteiger partial charge in [-0.3, -0.25) is 9.59 Å². The normalized spacial score (nSPS) is 19.0. The Morgan fingerprint density at radius 3 is 2.48 bits per heavy atom. The van der Waals surface area contributed by atoms with E-state index in [9.17, 15) is 14.0 Å². The van der Waals surface area contributed by atoms with E-state index in [-0.39, 0.29) is 41.6 Å². The first kappa shape index (κ1) is 21.6. The van der Waals surface area contributed by atoms with Crippen LogP contribution in [0.4, 0.5) is 4.39 Å². The minimum Gasteiger partial charge on any atom is -0.336 e. The first-order chi connectivity index (χ1) is 15.0. The van der Waals surface area contributed by atoms with E-state index in [4.69, 9.17) is 0 Å². The van der Waals surface area contributed by atoms with Gasteiger partial charge in [-0.15, -0.1) is 0 Å². The third kappa shape index (κ3) is 4.51. The molecule has 1 aliphatic rings. The summed E-state index contributed by atoms with van der Waals surface area (Å²) in [6, 6.07) is 14.0. The summed E-state index contributed by atoms with van der Waals surface area (Å²) in [4.78, 5) is 32.4. The van der Waals surface area contributed by atoms with Gasteiger partial charge in [0.05, 0.1) is 22.3 Å². The Balaban J connectivity index is 1.58. The first-order valence-electron chi connectivity index (χ1n) is 10.6. The Morgan fingerprint density at radius 1 is 1.06 bits per heavy atom. The van der Waals surface area contributed by atoms with Crippen molar-refractivity contribution in [1.29, 1.82) is 0 Å². The van der Waals surface area contributed by atoms with Crippen molar-refractivity contribution in [2.24, 2.45) is 0 Å². The van der Waals surface area contributed by atoms with Crippen LogP contribution in [0.1, 0.15) is 43.5 Å². The van der Waals surface area contributed by atoms with E-state index in [1.165, 1.54) is 23.9 Å². The zero-order valence-corrected chi connectivity index (χ0v) is 18.6. The maximum absolute atomic E-state index is 14.0. The van der Waals surface area contributed by atoms with Crippen molar-refractivity contribution in [1.82, 2.24) is 14.5 Å². The fourth-order valence-corrected chi connectivity index (χ4v) is 5.24. The number of aromatic nitrogens is 2. The van der Waals surface area contributed by atoms with Gasteiger partial charge < -0.3 is 9.47 Å². The summed E-state index contributed by atoms with van der Waals surface area (Å²) in [6.45, 7) is 4.37. The number of benzene rings is 2. The molecule has 162 valence electrons. The number of likely N-dealkylation sites (tertiary alicyclic amines) is 1. The van der Waals surface area contributed by atoms with E-state index >= 15 is 0 Å². The second-order valence-electron chi connectivity index (χ2n) is 8.09. The largest absolute Gasteiger partial charge is 0.336 e. The molecule has 2 atom stereocenters. The number of imidazole rings is 1. The van der Waals surface area contributed by atoms with Gasteiger partial charge in [0.1, 0.15) is 12.4 Å². The molecule has 5 nitrogen and oxygen atoms in total. The number of amides is 1. The van der Waals surface area contributed by atoms with Crippen LogP contribution in [-0.2, 0) is 11.3 Å². The lowest BCUT2D eigenvalue weighted by molar-refractivity contribution is -0.138. The van der Waals surface area contributed by atoms with Crippen molar-refractivity contribution >= 4 is 34.5 Å². The highest BCUT2D eigenvalue weighted by Gasteiger charge is 2.29. The van der Waals surface area contributed by atoms with Crippen LogP contribution in [0.25, 0.3) is 11.0 Å². The number of nitrogens with zero attached hydrogens (tertiary/aromatic N) is 3. The highest BCUT2D eigenvalue weighted by Crippen LogP contribution is 2.27. The van der Waals surface area contributed by atoms with E-state index < -0.39 is 5.82 Å². The molecule has 1 fully saturated rings. The van der Waals surface area contributed by atoms with Gasteiger partial charge in [0, 0.05) is 12.1 Å². The average Bonchev–Trinajstić information content (AvgIpc) is 3.09. The van der Waals surface area contributed by atoms with Gasteiger partial charge >= 0.3 is 0 Å². The number of rotatable bonds is 6. The lowest BCUT2D eigenvalue weighted by atomic mass is 9.97. The maximum atomic E-state index is 14.0. The predicted octanol–water partition coefficient (Wildman–Crippen LogP) is 4.94. The number of thioether (sulfide) groups is 1. The zero-order chi connectivity index (χ0) is 22.0. The number of Topliss-reactive ketones (excluding diaryl/α,β-unsaturated/α-hetero) is 1. The van der Waals surface area contributed by atoms with Gasteiger partial charge in [-0.05, 0) is 57.4 Å². The van der Waals surface area contributed by atoms with Crippen LogP contribution < -0.4 is 0 Å². The van der Waals surface area contributed by atoms with Crippen LogP contribution >= 0.6 is 11.8 Å². The SMILES string of the molecule is C[C@H]1CCC[C@H](C)N1C(=O)Cn1c(SCC(=O)c2ccccc2F)nc2ccccc21. The van der Waals surface area contributed by atoms with Gasteiger partial charge in [0.25, 0.3) is 0 Å². The molecule has 1 aliphatic heterocycles. The monoisotopic (exact) mass is 439 g/mol. The van der Waals surface area contributed by atoms with Crippen LogP contribution in [-0.4, -0.2) is 44.0 Å². The van der Waals surface area contributed by atoms with Crippen molar-refractivity contribution in [2.75, 3.05) is 5.75 Å². The Kier molecular flexibility index (Phi) is 6.41. The summed E-state index contributed by atoms with van der Waals surface area (Å²) in [5.74, 6) is -0.712. The molecule has 1 aromatic heterocycles. The molecular weight excluding hydrogens is 413 g/mol. The van der Waals surface area contributed by atoms with Crippen LogP contribution in [0, 0.1) is 5.82 Å². The summed E-state index contributed by atoms with van der Waals surface area (Å²) >= 11 is 1.24. The summed E-state index contributed by atoms with van der Waals surface area (Å²) in [7, 11) is 0. The molecule has 0 unspecified atom stereocenters. The summed E-state index contributed by atoms with van der Waals surface area (Å²) in [6.07, 6.45) is 3.17. The molecular formula is C24H26FN3O2S. The zero-order valence-electron chi connectivity index (χ0n) is 17.8. The number of fused-ring (bicyclic) bond motifs is 1. The van der Waals surface area contributed by atoms with Crippen molar-refractivity contribution in [3.63, 3.8) is 0 Å². The van der Waals surface area contributed by atoms with Crippen LogP contribution in [0.3, 0.4) is 0 Å². The highest BCUT2D eigenvalue weighted by molar-refractivity contribution is 7.99. The average molecular weight is 440 g/mol. The molecule has 2 aromatic carbocycles. The molecule has 0 aliphatic carbocycles. The van der Waals surface area contributed by atoms with Crippen molar-refractivity contribution in [3.8, 4) is 0 Å². The summed E-state index contributed by atoms with van der Waals surface area (Å²) in [5, 5.41) is 0.594. The smallest absolute Gasteiger partial charge is 0.243 e. The number of halogens is 1. The van der Waals surface area contributed by atoms with Gasteiger partial charge in [0.15, 0.2) is 10.9 Å². The molecule has 0 bridgehead atoms. The molecule has 0 radical (unpaired) electrons. The molecule has 1 amide bonds. The van der Waals surface area contributed by atoms with E-state index in [0.717, 1.165) is 30.3 Å². The second kappa shape index (κ2) is 9.22. The highest BCUT2D eigenvalue weighted by atomic mass is 32.2. The number of piperidine rings is 1. The Labute approximate surface area is 185 Å². The molecule has 0 N–H and O–H groups in total. The number of carbonyl (C=O) groups is 2. The number of hydrogen-bond acceptors (Lipinski definition) is 4. The topological polar surface area (TPSA) is 55.2 Å². The minimum atomic E-state index is -0.523. The third-order valence-electron chi connectivity index (χ3n) is 5.90. The third-order valence-corrected chi connectivity index (χ3v) is 6.88. The van der Waals surface area contributed by atoms with Gasteiger partial charge in [-0.25, -0.2) is 9.37 Å². The van der Waals surface area contributed by atoms with Crippen LogP contribution in [0.2, 0.25) is 0 Å². The van der Waals surface area contributed by atoms with Gasteiger partial charge in [-0.2, -0.15) is 0 Å². The Hall–Kier alpha value is -2.67. The first-order valence-corrected chi connectivity index (χ1v) is 11.6. The van der Waals surface area contributed by atoms with E-state index in [2.05, 4.69) is 18.8 Å². The van der Waals surface area contributed by atoms with E-state index in [1.807, 2.05) is 33.7 Å². The maximum Gasteiger partial charge on any atom is 0.243 e. The lowest BCUT2D eigenvalue weighted by Gasteiger charge is -2.39. The van der Waals surface area contributed by atoms with Crippen LogP contribution in [0.15, 0.2) is 53.7 Å². The number of para-hydroxylation sites is 2. The predicted molar refractivity (Wildman–Crippen MR) is 121 cm³/mol. The molecule has 0 spiro atoms. The number of ketones is 1. The Morgan fingerprint density at radius 2 is 1.74 bits per heavy atom. The molecule has 2 heterocycles. The lowest BCUT2D eigenvalue weighted by Crippen LogP contribution is -2.48. The van der Waals surface area contributed by atoms with E-state index in [1.54, 1.807) is 12.1 Å². The summed E-state index contributed by atoms with van der Waals surface area (Å²) < 4.78 is 15.8. The second-order valence-corrected chi connectivity index (χ2v) is 9.03. The number of hydrogen-bond donors (Lipinski definition) is 0. The van der Waals surface area contributed by atoms with Crippen molar-refractivity contribution in [2.45, 2.75) is 56.9 Å². The van der Waals surface area contributed by atoms with E-state index in [0.29, 0.717) is 5.16 Å². The minimum absolute atomic E-state index is 0.0506. The standard InChI is InChI=1S/C24H26FN3O2S/c1-16-8-7-9-17(2)28(16)23(30)14-27-21-13-6-5-12-20(21)26-24(27)31-15-22(29)18-10-3-4-11-19(18)25/h3-6,10-13,16-17H,7-9,14-15H2,1-2H3/t16-,17-/m0/s1. The van der Waals surface area contributed by atoms with Crippen molar-refractivity contribution in [3.05, 3.63) is 59.9 Å². The van der Waals surface area contributed by atoms with Gasteiger partial charge in [-0.1, -0.05) is 36.0 Å². The summed E-state index contributed by atoms with van der Waals surface area (Å²) in [5.41, 5.74) is 1.70. The molecule has 1 saturated heterocycles. The van der Waals surface area contributed by atoms with Gasteiger partial charge in [0.2, 0.25) is 5.91 Å². The number of carbonyl (C=O) groups excluding carboxylic acids is 2. The molecule has 7 heteroatoms. The van der Waals surface area contributed by atoms with Crippen molar-refractivity contribution < 1.29 is 14.0 Å². The Bertz CT molecular complexity index is 1100. The molecule has 31 heavy (non-hydrogen) atoms. The quantitative estimate of drug-likeness (QED) is 0.403. The van der Waals surface area contributed by atoms with Crippen LogP contribution in [0.5, 0.6) is 0 Å². The fraction of sp³-hybridized carbons (Fsp3) is 0.375. The fourth-order valence-electron chi connectivity index (χ4n) is 4.34.